The van der Waals surface area contributed by atoms with Crippen molar-refractivity contribution in [3.05, 3.63) is 35.9 Å². The summed E-state index contributed by atoms with van der Waals surface area (Å²) in [6.45, 7) is 5.55. The normalized spacial score (nSPS) is 9.30. The fraction of sp³-hybridized carbons (Fsp3) is 0.111. The molecule has 10 heavy (non-hydrogen) atoms. The Bertz CT molecular complexity index is 251. The fourth-order valence-electron chi connectivity index (χ4n) is 0.837. The van der Waals surface area contributed by atoms with Gasteiger partial charge < -0.3 is 5.11 Å². The third-order valence-electron chi connectivity index (χ3n) is 1.40. The first-order valence-electron chi connectivity index (χ1n) is 3.16. The van der Waals surface area contributed by atoms with Crippen molar-refractivity contribution in [2.45, 2.75) is 6.92 Å². The largest absolute Gasteiger partial charge is 0.507 e. The maximum Gasteiger partial charge on any atom is 0.122 e. The molecule has 1 rings (SSSR count). The highest BCUT2D eigenvalue weighted by Gasteiger charge is 1.94. The first-order chi connectivity index (χ1) is 4.74. The molecule has 1 nitrogen and oxygen atoms in total. The number of phenolic OH excluding ortho intramolecular Hbond substituents is 1. The van der Waals surface area contributed by atoms with E-state index in [1.807, 2.05) is 19.1 Å². The molecule has 0 saturated heterocycles. The topological polar surface area (TPSA) is 20.2 Å². The van der Waals surface area contributed by atoms with Gasteiger partial charge in [0.2, 0.25) is 0 Å². The van der Waals surface area contributed by atoms with Gasteiger partial charge in [0.1, 0.15) is 5.75 Å². The molecule has 0 saturated carbocycles. The van der Waals surface area contributed by atoms with Gasteiger partial charge in [-0.15, -0.1) is 0 Å². The van der Waals surface area contributed by atoms with Crippen molar-refractivity contribution in [1.82, 2.24) is 0 Å². The minimum Gasteiger partial charge on any atom is -0.507 e. The van der Waals surface area contributed by atoms with Crippen molar-refractivity contribution in [3.8, 4) is 5.75 Å². The summed E-state index contributed by atoms with van der Waals surface area (Å²) in [7, 11) is 0. The summed E-state index contributed by atoms with van der Waals surface area (Å²) in [5.41, 5.74) is 1.92. The van der Waals surface area contributed by atoms with E-state index in [-0.39, 0.29) is 0 Å². The molecule has 1 aromatic carbocycles. The van der Waals surface area contributed by atoms with Gasteiger partial charge in [-0.3, -0.25) is 0 Å². The Morgan fingerprint density at radius 3 is 2.70 bits per heavy atom. The predicted molar refractivity (Wildman–Crippen MR) is 42.9 cm³/mol. The average molecular weight is 134 g/mol. The molecule has 0 aliphatic heterocycles. The van der Waals surface area contributed by atoms with Crippen LogP contribution in [0.2, 0.25) is 0 Å². The van der Waals surface area contributed by atoms with Crippen molar-refractivity contribution >= 4 is 6.08 Å². The zero-order valence-electron chi connectivity index (χ0n) is 5.96. The summed E-state index contributed by atoms with van der Waals surface area (Å²) in [5.74, 6) is 0.292. The van der Waals surface area contributed by atoms with Crippen LogP contribution in [0.15, 0.2) is 24.8 Å². The van der Waals surface area contributed by atoms with E-state index in [2.05, 4.69) is 6.58 Å². The molecule has 1 heteroatoms. The number of aromatic hydroxyl groups is 1. The van der Waals surface area contributed by atoms with Crippen LogP contribution in [0.5, 0.6) is 5.75 Å². The summed E-state index contributed by atoms with van der Waals surface area (Å²) < 4.78 is 0. The third kappa shape index (κ3) is 1.18. The zero-order valence-corrected chi connectivity index (χ0v) is 5.96. The number of phenols is 1. The SMILES string of the molecule is C=Cc1cc(C)ccc1O. The van der Waals surface area contributed by atoms with Crippen molar-refractivity contribution < 1.29 is 5.11 Å². The molecule has 0 unspecified atom stereocenters. The van der Waals surface area contributed by atoms with Gasteiger partial charge in [-0.05, 0) is 19.1 Å². The van der Waals surface area contributed by atoms with Crippen LogP contribution in [-0.2, 0) is 0 Å². The van der Waals surface area contributed by atoms with E-state index in [0.29, 0.717) is 5.75 Å². The second kappa shape index (κ2) is 2.56. The molecule has 0 aliphatic rings. The smallest absolute Gasteiger partial charge is 0.122 e. The van der Waals surface area contributed by atoms with Crippen molar-refractivity contribution in [2.75, 3.05) is 0 Å². The van der Waals surface area contributed by atoms with Crippen LogP contribution < -0.4 is 0 Å². The maximum atomic E-state index is 9.16. The van der Waals surface area contributed by atoms with Crippen LogP contribution in [0, 0.1) is 6.92 Å². The molecule has 0 atom stereocenters. The molecule has 0 fully saturated rings. The summed E-state index contributed by atoms with van der Waals surface area (Å²) in [6, 6.07) is 5.43. The summed E-state index contributed by atoms with van der Waals surface area (Å²) in [6.07, 6.45) is 1.64. The van der Waals surface area contributed by atoms with E-state index in [9.17, 15) is 0 Å². The first kappa shape index (κ1) is 6.87. The minimum absolute atomic E-state index is 0.292. The number of rotatable bonds is 1. The van der Waals surface area contributed by atoms with E-state index in [1.165, 1.54) is 0 Å². The van der Waals surface area contributed by atoms with Crippen molar-refractivity contribution in [3.63, 3.8) is 0 Å². The Morgan fingerprint density at radius 1 is 1.50 bits per heavy atom. The predicted octanol–water partition coefficient (Wildman–Crippen LogP) is 2.34. The monoisotopic (exact) mass is 134 g/mol. The van der Waals surface area contributed by atoms with Crippen LogP contribution in [0.3, 0.4) is 0 Å². The second-order valence-electron chi connectivity index (χ2n) is 2.27. The highest BCUT2D eigenvalue weighted by atomic mass is 16.3. The molecule has 0 radical (unpaired) electrons. The Labute approximate surface area is 60.6 Å². The Balaban J connectivity index is 3.21. The van der Waals surface area contributed by atoms with Crippen LogP contribution in [0.4, 0.5) is 0 Å². The molecule has 1 aromatic rings. The number of benzene rings is 1. The van der Waals surface area contributed by atoms with Gasteiger partial charge in [0.25, 0.3) is 0 Å². The number of hydrogen-bond donors (Lipinski definition) is 1. The minimum atomic E-state index is 0.292. The first-order valence-corrected chi connectivity index (χ1v) is 3.16. The van der Waals surface area contributed by atoms with Gasteiger partial charge in [-0.2, -0.15) is 0 Å². The molecular weight excluding hydrogens is 124 g/mol. The number of aryl methyl sites for hydroxylation is 1. The van der Waals surface area contributed by atoms with Crippen molar-refractivity contribution in [2.24, 2.45) is 0 Å². The van der Waals surface area contributed by atoms with Gasteiger partial charge in [-0.25, -0.2) is 0 Å². The van der Waals surface area contributed by atoms with Crippen LogP contribution >= 0.6 is 0 Å². The Hall–Kier alpha value is -1.24. The van der Waals surface area contributed by atoms with E-state index < -0.39 is 0 Å². The highest BCUT2D eigenvalue weighted by molar-refractivity contribution is 5.55. The molecule has 0 spiro atoms. The average Bonchev–Trinajstić information content (AvgIpc) is 1.94. The molecule has 0 aromatic heterocycles. The van der Waals surface area contributed by atoms with Crippen LogP contribution in [0.1, 0.15) is 11.1 Å². The molecule has 0 aliphatic carbocycles. The zero-order chi connectivity index (χ0) is 7.56. The van der Waals surface area contributed by atoms with E-state index >= 15 is 0 Å². The lowest BCUT2D eigenvalue weighted by Crippen LogP contribution is -1.75. The lowest BCUT2D eigenvalue weighted by molar-refractivity contribution is 0.474. The van der Waals surface area contributed by atoms with Crippen molar-refractivity contribution in [1.29, 1.82) is 0 Å². The van der Waals surface area contributed by atoms with E-state index in [0.717, 1.165) is 11.1 Å². The number of hydrogen-bond acceptors (Lipinski definition) is 1. The Morgan fingerprint density at radius 2 is 2.20 bits per heavy atom. The van der Waals surface area contributed by atoms with Crippen LogP contribution in [-0.4, -0.2) is 5.11 Å². The third-order valence-corrected chi connectivity index (χ3v) is 1.40. The van der Waals surface area contributed by atoms with Gasteiger partial charge in [0.05, 0.1) is 0 Å². The van der Waals surface area contributed by atoms with Gasteiger partial charge in [-0.1, -0.05) is 24.3 Å². The fourth-order valence-corrected chi connectivity index (χ4v) is 0.837. The summed E-state index contributed by atoms with van der Waals surface area (Å²) in [5, 5.41) is 9.16. The quantitative estimate of drug-likeness (QED) is 0.625. The molecule has 0 amide bonds. The van der Waals surface area contributed by atoms with Gasteiger partial charge >= 0.3 is 0 Å². The van der Waals surface area contributed by atoms with Gasteiger partial charge in [0, 0.05) is 5.56 Å². The second-order valence-corrected chi connectivity index (χ2v) is 2.27. The van der Waals surface area contributed by atoms with E-state index in [1.54, 1.807) is 12.1 Å². The lowest BCUT2D eigenvalue weighted by Gasteiger charge is -1.98. The molecule has 52 valence electrons. The highest BCUT2D eigenvalue weighted by Crippen LogP contribution is 2.18. The van der Waals surface area contributed by atoms with E-state index in [4.69, 9.17) is 5.11 Å². The summed E-state index contributed by atoms with van der Waals surface area (Å²) in [4.78, 5) is 0. The lowest BCUT2D eigenvalue weighted by atomic mass is 10.1. The Kier molecular flexibility index (Phi) is 1.76. The molecule has 0 heterocycles. The van der Waals surface area contributed by atoms with Gasteiger partial charge in [0.15, 0.2) is 0 Å². The standard InChI is InChI=1S/C9H10O/c1-3-8-6-7(2)4-5-9(8)10/h3-6,10H,1H2,2H3. The molecular formula is C9H10O. The summed E-state index contributed by atoms with van der Waals surface area (Å²) >= 11 is 0. The maximum absolute atomic E-state index is 9.16. The van der Waals surface area contributed by atoms with Crippen LogP contribution in [0.25, 0.3) is 6.08 Å². The molecule has 1 N–H and O–H groups in total. The molecule has 0 bridgehead atoms.